The largest absolute Gasteiger partial charge is 0.488 e. The number of benzene rings is 1. The van der Waals surface area contributed by atoms with E-state index in [1.54, 1.807) is 0 Å². The number of hydrogen-bond acceptors (Lipinski definition) is 5. The maximum absolute atomic E-state index is 10.9. The lowest BCUT2D eigenvalue weighted by Gasteiger charge is -2.30. The molecule has 1 aliphatic heterocycles. The number of para-hydroxylation sites is 1. The standard InChI is InChI=1S/C16H18N2O4/c1-18-8-4-5-11(10-18)21-14-7-3-2-6-12(14)13-9-15(16(19)20)22-17-13/h2-3,6-7,9,11H,4-5,8,10H2,1H3,(H,19,20). The normalized spacial score (nSPS) is 19.0. The molecule has 2 heterocycles. The van der Waals surface area contributed by atoms with Crippen molar-refractivity contribution in [2.45, 2.75) is 18.9 Å². The van der Waals surface area contributed by atoms with Gasteiger partial charge in [-0.3, -0.25) is 0 Å². The topological polar surface area (TPSA) is 75.8 Å². The second kappa shape index (κ2) is 6.19. The van der Waals surface area contributed by atoms with Crippen LogP contribution in [0.2, 0.25) is 0 Å². The summed E-state index contributed by atoms with van der Waals surface area (Å²) < 4.78 is 10.9. The molecule has 3 rings (SSSR count). The van der Waals surface area contributed by atoms with E-state index in [-0.39, 0.29) is 11.9 Å². The number of nitrogens with zero attached hydrogens (tertiary/aromatic N) is 2. The second-order valence-electron chi connectivity index (χ2n) is 5.52. The molecule has 0 spiro atoms. The lowest BCUT2D eigenvalue weighted by Crippen LogP contribution is -2.38. The fraction of sp³-hybridized carbons (Fsp3) is 0.375. The quantitative estimate of drug-likeness (QED) is 0.935. The summed E-state index contributed by atoms with van der Waals surface area (Å²) in [7, 11) is 2.08. The number of carboxylic acids is 1. The van der Waals surface area contributed by atoms with Gasteiger partial charge in [0.1, 0.15) is 17.5 Å². The van der Waals surface area contributed by atoms with Crippen LogP contribution >= 0.6 is 0 Å². The summed E-state index contributed by atoms with van der Waals surface area (Å²) >= 11 is 0. The molecule has 0 saturated carbocycles. The third kappa shape index (κ3) is 3.12. The fourth-order valence-corrected chi connectivity index (χ4v) is 2.68. The predicted molar refractivity (Wildman–Crippen MR) is 80.0 cm³/mol. The number of carbonyl (C=O) groups is 1. The summed E-state index contributed by atoms with van der Waals surface area (Å²) in [6.45, 7) is 1.97. The Morgan fingerprint density at radius 2 is 2.27 bits per heavy atom. The van der Waals surface area contributed by atoms with Crippen molar-refractivity contribution in [1.82, 2.24) is 10.1 Å². The first-order chi connectivity index (χ1) is 10.6. The van der Waals surface area contributed by atoms with Gasteiger partial charge in [0.2, 0.25) is 5.76 Å². The zero-order valence-corrected chi connectivity index (χ0v) is 12.4. The van der Waals surface area contributed by atoms with E-state index in [1.807, 2.05) is 24.3 Å². The van der Waals surface area contributed by atoms with Gasteiger partial charge < -0.3 is 19.3 Å². The van der Waals surface area contributed by atoms with Crippen LogP contribution in [0, 0.1) is 0 Å². The Labute approximate surface area is 128 Å². The number of piperidine rings is 1. The summed E-state index contributed by atoms with van der Waals surface area (Å²) in [5, 5.41) is 12.8. The summed E-state index contributed by atoms with van der Waals surface area (Å²) in [5.74, 6) is -0.610. The molecule has 6 heteroatoms. The van der Waals surface area contributed by atoms with Gasteiger partial charge in [0.15, 0.2) is 0 Å². The summed E-state index contributed by atoms with van der Waals surface area (Å²) in [6, 6.07) is 8.90. The molecule has 6 nitrogen and oxygen atoms in total. The van der Waals surface area contributed by atoms with Crippen LogP contribution in [0.25, 0.3) is 11.3 Å². The van der Waals surface area contributed by atoms with Gasteiger partial charge in [-0.25, -0.2) is 4.79 Å². The number of ether oxygens (including phenoxy) is 1. The first-order valence-electron chi connectivity index (χ1n) is 7.28. The lowest BCUT2D eigenvalue weighted by molar-refractivity contribution is 0.0652. The van der Waals surface area contributed by atoms with E-state index in [4.69, 9.17) is 14.4 Å². The van der Waals surface area contributed by atoms with E-state index in [9.17, 15) is 4.79 Å². The molecule has 0 amide bonds. The molecule has 22 heavy (non-hydrogen) atoms. The maximum Gasteiger partial charge on any atom is 0.374 e. The number of rotatable bonds is 4. The first-order valence-corrected chi connectivity index (χ1v) is 7.28. The third-order valence-electron chi connectivity index (χ3n) is 3.76. The molecule has 116 valence electrons. The number of likely N-dealkylation sites (tertiary alicyclic amines) is 1. The summed E-state index contributed by atoms with van der Waals surface area (Å²) in [6.07, 6.45) is 2.25. The Kier molecular flexibility index (Phi) is 4.11. The van der Waals surface area contributed by atoms with Crippen LogP contribution in [0.4, 0.5) is 0 Å². The molecular weight excluding hydrogens is 284 g/mol. The molecule has 1 N–H and O–H groups in total. The molecule has 0 radical (unpaired) electrons. The minimum absolute atomic E-state index is 0.130. The van der Waals surface area contributed by atoms with Gasteiger partial charge in [-0.2, -0.15) is 0 Å². The zero-order chi connectivity index (χ0) is 15.5. The number of hydrogen-bond donors (Lipinski definition) is 1. The smallest absolute Gasteiger partial charge is 0.374 e. The molecule has 2 aromatic rings. The van der Waals surface area contributed by atoms with Crippen molar-refractivity contribution in [1.29, 1.82) is 0 Å². The molecule has 1 saturated heterocycles. The molecular formula is C16H18N2O4. The van der Waals surface area contributed by atoms with Crippen molar-refractivity contribution >= 4 is 5.97 Å². The van der Waals surface area contributed by atoms with E-state index in [1.165, 1.54) is 6.07 Å². The minimum atomic E-state index is -1.13. The molecule has 0 aliphatic carbocycles. The van der Waals surface area contributed by atoms with Gasteiger partial charge in [-0.05, 0) is 38.6 Å². The van der Waals surface area contributed by atoms with E-state index in [0.717, 1.165) is 31.5 Å². The number of likely N-dealkylation sites (N-methyl/N-ethyl adjacent to an activating group) is 1. The van der Waals surface area contributed by atoms with Crippen molar-refractivity contribution in [2.24, 2.45) is 0 Å². The Hall–Kier alpha value is -2.34. The first kappa shape index (κ1) is 14.6. The highest BCUT2D eigenvalue weighted by molar-refractivity contribution is 5.86. The van der Waals surface area contributed by atoms with Crippen LogP contribution < -0.4 is 4.74 Å². The zero-order valence-electron chi connectivity index (χ0n) is 12.4. The summed E-state index contributed by atoms with van der Waals surface area (Å²) in [5.41, 5.74) is 1.21. The molecule has 1 aliphatic rings. The van der Waals surface area contributed by atoms with Gasteiger partial charge in [0, 0.05) is 18.2 Å². The highest BCUT2D eigenvalue weighted by Gasteiger charge is 2.21. The Morgan fingerprint density at radius 1 is 1.45 bits per heavy atom. The fourth-order valence-electron chi connectivity index (χ4n) is 2.68. The SMILES string of the molecule is CN1CCCC(Oc2ccccc2-c2cc(C(=O)O)on2)C1. The molecule has 1 atom stereocenters. The van der Waals surface area contributed by atoms with Gasteiger partial charge in [0.25, 0.3) is 0 Å². The summed E-state index contributed by atoms with van der Waals surface area (Å²) in [4.78, 5) is 13.2. The van der Waals surface area contributed by atoms with E-state index in [2.05, 4.69) is 17.1 Å². The average molecular weight is 302 g/mol. The van der Waals surface area contributed by atoms with Crippen molar-refractivity contribution in [2.75, 3.05) is 20.1 Å². The Balaban J connectivity index is 1.84. The average Bonchev–Trinajstić information content (AvgIpc) is 2.98. The van der Waals surface area contributed by atoms with Crippen molar-refractivity contribution < 1.29 is 19.2 Å². The van der Waals surface area contributed by atoms with Crippen LogP contribution in [0.1, 0.15) is 23.4 Å². The van der Waals surface area contributed by atoms with E-state index < -0.39 is 5.97 Å². The van der Waals surface area contributed by atoms with Crippen molar-refractivity contribution in [3.05, 3.63) is 36.1 Å². The number of carboxylic acid groups (broad SMARTS) is 1. The Bertz CT molecular complexity index is 668. The van der Waals surface area contributed by atoms with Gasteiger partial charge >= 0.3 is 5.97 Å². The number of aromatic carboxylic acids is 1. The molecule has 1 unspecified atom stereocenters. The third-order valence-corrected chi connectivity index (χ3v) is 3.76. The van der Waals surface area contributed by atoms with Gasteiger partial charge in [-0.15, -0.1) is 0 Å². The lowest BCUT2D eigenvalue weighted by atomic mass is 10.1. The van der Waals surface area contributed by atoms with Crippen LogP contribution in [0.5, 0.6) is 5.75 Å². The molecule has 0 bridgehead atoms. The van der Waals surface area contributed by atoms with Gasteiger partial charge in [0.05, 0.1) is 0 Å². The predicted octanol–water partition coefficient (Wildman–Crippen LogP) is 2.51. The minimum Gasteiger partial charge on any atom is -0.488 e. The number of aromatic nitrogens is 1. The maximum atomic E-state index is 10.9. The molecule has 1 fully saturated rings. The van der Waals surface area contributed by atoms with Crippen molar-refractivity contribution in [3.8, 4) is 17.0 Å². The second-order valence-corrected chi connectivity index (χ2v) is 5.52. The van der Waals surface area contributed by atoms with Crippen LogP contribution in [-0.2, 0) is 0 Å². The van der Waals surface area contributed by atoms with E-state index in [0.29, 0.717) is 11.4 Å². The monoisotopic (exact) mass is 302 g/mol. The molecule has 1 aromatic heterocycles. The van der Waals surface area contributed by atoms with Crippen LogP contribution in [-0.4, -0.2) is 47.4 Å². The van der Waals surface area contributed by atoms with Crippen LogP contribution in [0.3, 0.4) is 0 Å². The van der Waals surface area contributed by atoms with Crippen LogP contribution in [0.15, 0.2) is 34.9 Å². The van der Waals surface area contributed by atoms with Gasteiger partial charge in [-0.1, -0.05) is 17.3 Å². The Morgan fingerprint density at radius 3 is 3.00 bits per heavy atom. The highest BCUT2D eigenvalue weighted by atomic mass is 16.5. The van der Waals surface area contributed by atoms with E-state index >= 15 is 0 Å². The molecule has 1 aromatic carbocycles. The highest BCUT2D eigenvalue weighted by Crippen LogP contribution is 2.31. The van der Waals surface area contributed by atoms with Crippen molar-refractivity contribution in [3.63, 3.8) is 0 Å².